The SMILES string of the molecule is O=C(CCC(F)(F)F)c1ccnc2ccccc12. The van der Waals surface area contributed by atoms with Crippen LogP contribution < -0.4 is 0 Å². The van der Waals surface area contributed by atoms with Gasteiger partial charge in [0.15, 0.2) is 5.78 Å². The van der Waals surface area contributed by atoms with E-state index in [2.05, 4.69) is 4.98 Å². The number of rotatable bonds is 3. The van der Waals surface area contributed by atoms with Crippen molar-refractivity contribution in [3.63, 3.8) is 0 Å². The first kappa shape index (κ1) is 12.5. The highest BCUT2D eigenvalue weighted by Gasteiger charge is 2.28. The lowest BCUT2D eigenvalue weighted by Crippen LogP contribution is -2.11. The Hall–Kier alpha value is -1.91. The van der Waals surface area contributed by atoms with Gasteiger partial charge >= 0.3 is 6.18 Å². The van der Waals surface area contributed by atoms with Crippen molar-refractivity contribution in [3.05, 3.63) is 42.1 Å². The second-order valence-electron chi connectivity index (χ2n) is 3.91. The van der Waals surface area contributed by atoms with E-state index in [1.807, 2.05) is 0 Å². The first-order valence-electron chi connectivity index (χ1n) is 5.41. The number of hydrogen-bond acceptors (Lipinski definition) is 2. The third-order valence-electron chi connectivity index (χ3n) is 2.58. The van der Waals surface area contributed by atoms with Gasteiger partial charge in [0, 0.05) is 23.6 Å². The van der Waals surface area contributed by atoms with Gasteiger partial charge in [-0.1, -0.05) is 18.2 Å². The topological polar surface area (TPSA) is 30.0 Å². The number of carbonyl (C=O) groups excluding carboxylic acids is 1. The minimum Gasteiger partial charge on any atom is -0.294 e. The molecule has 0 saturated heterocycles. The minimum atomic E-state index is -4.31. The predicted octanol–water partition coefficient (Wildman–Crippen LogP) is 3.76. The van der Waals surface area contributed by atoms with Crippen LogP contribution in [0.3, 0.4) is 0 Å². The van der Waals surface area contributed by atoms with E-state index >= 15 is 0 Å². The summed E-state index contributed by atoms with van der Waals surface area (Å²) in [6, 6.07) is 8.35. The molecule has 94 valence electrons. The standard InChI is InChI=1S/C13H10F3NO/c14-13(15,16)7-5-12(18)10-6-8-17-11-4-2-1-3-9(10)11/h1-4,6,8H,5,7H2. The van der Waals surface area contributed by atoms with Gasteiger partial charge in [-0.2, -0.15) is 13.2 Å². The lowest BCUT2D eigenvalue weighted by atomic mass is 10.0. The van der Waals surface area contributed by atoms with Crippen molar-refractivity contribution in [2.45, 2.75) is 19.0 Å². The van der Waals surface area contributed by atoms with Gasteiger partial charge < -0.3 is 0 Å². The molecule has 0 aliphatic rings. The number of alkyl halides is 3. The van der Waals surface area contributed by atoms with Crippen LogP contribution in [0.4, 0.5) is 13.2 Å². The molecule has 0 aliphatic heterocycles. The molecular formula is C13H10F3NO. The number of aromatic nitrogens is 1. The van der Waals surface area contributed by atoms with Crippen molar-refractivity contribution in [3.8, 4) is 0 Å². The van der Waals surface area contributed by atoms with Crippen molar-refractivity contribution >= 4 is 16.7 Å². The molecule has 5 heteroatoms. The normalized spacial score (nSPS) is 11.7. The molecule has 0 fully saturated rings. The highest BCUT2D eigenvalue weighted by atomic mass is 19.4. The monoisotopic (exact) mass is 253 g/mol. The molecule has 0 saturated carbocycles. The highest BCUT2D eigenvalue weighted by molar-refractivity contribution is 6.07. The van der Waals surface area contributed by atoms with Crippen LogP contribution >= 0.6 is 0 Å². The second kappa shape index (κ2) is 4.76. The number of carbonyl (C=O) groups is 1. The van der Waals surface area contributed by atoms with Crippen LogP contribution in [0.2, 0.25) is 0 Å². The molecule has 0 bridgehead atoms. The van der Waals surface area contributed by atoms with E-state index in [9.17, 15) is 18.0 Å². The zero-order chi connectivity index (χ0) is 13.2. The van der Waals surface area contributed by atoms with Gasteiger partial charge in [0.2, 0.25) is 0 Å². The summed E-state index contributed by atoms with van der Waals surface area (Å²) in [7, 11) is 0. The molecule has 1 aromatic carbocycles. The quantitative estimate of drug-likeness (QED) is 0.779. The Morgan fingerprint density at radius 3 is 2.61 bits per heavy atom. The lowest BCUT2D eigenvalue weighted by Gasteiger charge is -2.07. The van der Waals surface area contributed by atoms with Gasteiger partial charge in [0.05, 0.1) is 11.9 Å². The van der Waals surface area contributed by atoms with E-state index in [1.54, 1.807) is 24.3 Å². The van der Waals surface area contributed by atoms with Crippen molar-refractivity contribution < 1.29 is 18.0 Å². The number of fused-ring (bicyclic) bond motifs is 1. The Kier molecular flexibility index (Phi) is 3.32. The van der Waals surface area contributed by atoms with E-state index in [0.29, 0.717) is 16.5 Å². The average molecular weight is 253 g/mol. The smallest absolute Gasteiger partial charge is 0.294 e. The van der Waals surface area contributed by atoms with Crippen molar-refractivity contribution in [2.24, 2.45) is 0 Å². The van der Waals surface area contributed by atoms with E-state index in [0.717, 1.165) is 0 Å². The predicted molar refractivity (Wildman–Crippen MR) is 61.4 cm³/mol. The molecule has 1 aromatic heterocycles. The lowest BCUT2D eigenvalue weighted by molar-refractivity contribution is -0.133. The Balaban J connectivity index is 2.28. The molecule has 0 amide bonds. The van der Waals surface area contributed by atoms with Crippen LogP contribution in [0.5, 0.6) is 0 Å². The molecule has 0 radical (unpaired) electrons. The van der Waals surface area contributed by atoms with Gasteiger partial charge in [-0.25, -0.2) is 0 Å². The largest absolute Gasteiger partial charge is 0.389 e. The summed E-state index contributed by atoms with van der Waals surface area (Å²) in [4.78, 5) is 15.8. The molecule has 0 atom stereocenters. The van der Waals surface area contributed by atoms with Crippen LogP contribution in [0, 0.1) is 0 Å². The third kappa shape index (κ3) is 2.85. The Morgan fingerprint density at radius 2 is 1.89 bits per heavy atom. The first-order chi connectivity index (χ1) is 8.47. The van der Waals surface area contributed by atoms with E-state index < -0.39 is 24.8 Å². The van der Waals surface area contributed by atoms with Gasteiger partial charge in [0.1, 0.15) is 0 Å². The molecule has 2 rings (SSSR count). The fraction of sp³-hybridized carbons (Fsp3) is 0.231. The summed E-state index contributed by atoms with van der Waals surface area (Å²) < 4.78 is 36.2. The highest BCUT2D eigenvalue weighted by Crippen LogP contribution is 2.24. The molecular weight excluding hydrogens is 243 g/mol. The second-order valence-corrected chi connectivity index (χ2v) is 3.91. The molecule has 0 unspecified atom stereocenters. The summed E-state index contributed by atoms with van der Waals surface area (Å²) in [5, 5.41) is 0.590. The average Bonchev–Trinajstić information content (AvgIpc) is 2.34. The molecule has 18 heavy (non-hydrogen) atoms. The maximum Gasteiger partial charge on any atom is 0.389 e. The van der Waals surface area contributed by atoms with Gasteiger partial charge in [-0.15, -0.1) is 0 Å². The molecule has 0 N–H and O–H groups in total. The van der Waals surface area contributed by atoms with Crippen LogP contribution in [0.25, 0.3) is 10.9 Å². The van der Waals surface area contributed by atoms with E-state index in [1.165, 1.54) is 12.3 Å². The number of para-hydroxylation sites is 1. The van der Waals surface area contributed by atoms with Gasteiger partial charge in [-0.05, 0) is 12.1 Å². The maximum atomic E-state index is 12.1. The zero-order valence-corrected chi connectivity index (χ0v) is 9.37. The molecule has 1 heterocycles. The van der Waals surface area contributed by atoms with Crippen LogP contribution in [0.15, 0.2) is 36.5 Å². The number of Topliss-reactive ketones (excluding diaryl/α,β-unsaturated/α-hetero) is 1. The summed E-state index contributed by atoms with van der Waals surface area (Å²) in [6.07, 6.45) is -4.50. The summed E-state index contributed by atoms with van der Waals surface area (Å²) in [6.45, 7) is 0. The molecule has 0 spiro atoms. The molecule has 0 aliphatic carbocycles. The van der Waals surface area contributed by atoms with Crippen LogP contribution in [-0.4, -0.2) is 16.9 Å². The number of hydrogen-bond donors (Lipinski definition) is 0. The summed E-state index contributed by atoms with van der Waals surface area (Å²) in [5.41, 5.74) is 0.903. The maximum absolute atomic E-state index is 12.1. The fourth-order valence-electron chi connectivity index (χ4n) is 1.73. The number of ketones is 1. The van der Waals surface area contributed by atoms with Crippen LogP contribution in [-0.2, 0) is 0 Å². The van der Waals surface area contributed by atoms with Crippen molar-refractivity contribution in [1.29, 1.82) is 0 Å². The minimum absolute atomic E-state index is 0.296. The fourth-order valence-corrected chi connectivity index (χ4v) is 1.73. The number of nitrogens with zero attached hydrogens (tertiary/aromatic N) is 1. The van der Waals surface area contributed by atoms with Gasteiger partial charge in [-0.3, -0.25) is 9.78 Å². The summed E-state index contributed by atoms with van der Waals surface area (Å²) in [5.74, 6) is -0.508. The Labute approximate surface area is 101 Å². The van der Waals surface area contributed by atoms with Crippen molar-refractivity contribution in [2.75, 3.05) is 0 Å². The van der Waals surface area contributed by atoms with E-state index in [-0.39, 0.29) is 0 Å². The van der Waals surface area contributed by atoms with Gasteiger partial charge in [0.25, 0.3) is 0 Å². The van der Waals surface area contributed by atoms with Crippen molar-refractivity contribution in [1.82, 2.24) is 4.98 Å². The third-order valence-corrected chi connectivity index (χ3v) is 2.58. The number of halogens is 3. The molecule has 2 aromatic rings. The Bertz CT molecular complexity index is 572. The first-order valence-corrected chi connectivity index (χ1v) is 5.41. The number of pyridine rings is 1. The summed E-state index contributed by atoms with van der Waals surface area (Å²) >= 11 is 0. The van der Waals surface area contributed by atoms with Crippen LogP contribution in [0.1, 0.15) is 23.2 Å². The Morgan fingerprint density at radius 1 is 1.17 bits per heavy atom. The molecule has 2 nitrogen and oxygen atoms in total. The number of benzene rings is 1. The zero-order valence-electron chi connectivity index (χ0n) is 9.37. The van der Waals surface area contributed by atoms with E-state index in [4.69, 9.17) is 0 Å².